The second kappa shape index (κ2) is 5.99. The van der Waals surface area contributed by atoms with Gasteiger partial charge in [-0.25, -0.2) is 0 Å². The summed E-state index contributed by atoms with van der Waals surface area (Å²) in [5.41, 5.74) is 7.67. The first-order valence-corrected chi connectivity index (χ1v) is 5.81. The lowest BCUT2D eigenvalue weighted by atomic mass is 10.1. The number of likely N-dealkylation sites (N-methyl/N-ethyl adjacent to an activating group) is 1. The van der Waals surface area contributed by atoms with Gasteiger partial charge in [-0.05, 0) is 37.2 Å². The van der Waals surface area contributed by atoms with Crippen molar-refractivity contribution in [2.45, 2.75) is 20.3 Å². The zero-order valence-electron chi connectivity index (χ0n) is 9.46. The summed E-state index contributed by atoms with van der Waals surface area (Å²) in [6.07, 6.45) is 1.03. The minimum absolute atomic E-state index is 0.640. The van der Waals surface area contributed by atoms with E-state index in [0.29, 0.717) is 10.7 Å². The van der Waals surface area contributed by atoms with Crippen LogP contribution in [0.25, 0.3) is 0 Å². The first-order chi connectivity index (χ1) is 7.17. The van der Waals surface area contributed by atoms with Crippen LogP contribution in [0, 0.1) is 0 Å². The van der Waals surface area contributed by atoms with Gasteiger partial charge in [0.05, 0.1) is 10.7 Å². The Labute approximate surface area is 97.0 Å². The van der Waals surface area contributed by atoms with Crippen molar-refractivity contribution in [1.82, 2.24) is 4.90 Å². The molecule has 0 aliphatic rings. The molecule has 1 aromatic rings. The van der Waals surface area contributed by atoms with Gasteiger partial charge in [0.25, 0.3) is 0 Å². The number of hydrogen-bond acceptors (Lipinski definition) is 2. The van der Waals surface area contributed by atoms with Gasteiger partial charge >= 0.3 is 0 Å². The number of nitrogens with zero attached hydrogens (tertiary/aromatic N) is 1. The SMILES string of the molecule is CCN(CC)CCc1ccc(Cl)c(N)c1. The number of nitrogens with two attached hydrogens (primary N) is 1. The Morgan fingerprint density at radius 3 is 2.47 bits per heavy atom. The smallest absolute Gasteiger partial charge is 0.0635 e. The highest BCUT2D eigenvalue weighted by Gasteiger charge is 2.01. The summed E-state index contributed by atoms with van der Waals surface area (Å²) in [5.74, 6) is 0. The molecule has 0 radical (unpaired) electrons. The Morgan fingerprint density at radius 1 is 1.27 bits per heavy atom. The van der Waals surface area contributed by atoms with Gasteiger partial charge in [0.2, 0.25) is 0 Å². The van der Waals surface area contributed by atoms with Gasteiger partial charge < -0.3 is 10.6 Å². The fourth-order valence-electron chi connectivity index (χ4n) is 1.58. The highest BCUT2D eigenvalue weighted by molar-refractivity contribution is 6.33. The molecule has 2 N–H and O–H groups in total. The second-order valence-corrected chi connectivity index (χ2v) is 4.04. The topological polar surface area (TPSA) is 29.3 Å². The molecule has 3 heteroatoms. The van der Waals surface area contributed by atoms with Gasteiger partial charge in [-0.2, -0.15) is 0 Å². The quantitative estimate of drug-likeness (QED) is 0.783. The molecule has 0 saturated heterocycles. The molecule has 0 unspecified atom stereocenters. The van der Waals surface area contributed by atoms with Crippen molar-refractivity contribution in [1.29, 1.82) is 0 Å². The van der Waals surface area contributed by atoms with E-state index in [2.05, 4.69) is 18.7 Å². The van der Waals surface area contributed by atoms with E-state index in [9.17, 15) is 0 Å². The third kappa shape index (κ3) is 3.73. The molecule has 84 valence electrons. The van der Waals surface area contributed by atoms with E-state index >= 15 is 0 Å². The summed E-state index contributed by atoms with van der Waals surface area (Å²) in [7, 11) is 0. The minimum Gasteiger partial charge on any atom is -0.398 e. The number of halogens is 1. The molecule has 0 aromatic heterocycles. The van der Waals surface area contributed by atoms with Crippen LogP contribution in [0.1, 0.15) is 19.4 Å². The van der Waals surface area contributed by atoms with Crippen molar-refractivity contribution < 1.29 is 0 Å². The summed E-state index contributed by atoms with van der Waals surface area (Å²) in [6.45, 7) is 7.63. The second-order valence-electron chi connectivity index (χ2n) is 3.63. The molecule has 0 spiro atoms. The molecule has 0 aliphatic heterocycles. The molecule has 0 bridgehead atoms. The molecular weight excluding hydrogens is 208 g/mol. The molecule has 0 amide bonds. The Kier molecular flexibility index (Phi) is 4.92. The Bertz CT molecular complexity index is 308. The third-order valence-electron chi connectivity index (χ3n) is 2.67. The standard InChI is InChI=1S/C12H19ClN2/c1-3-15(4-2)8-7-10-5-6-11(13)12(14)9-10/h5-6,9H,3-4,7-8,14H2,1-2H3. The van der Waals surface area contributed by atoms with Gasteiger partial charge in [-0.3, -0.25) is 0 Å². The van der Waals surface area contributed by atoms with Crippen molar-refractivity contribution in [3.63, 3.8) is 0 Å². The molecule has 0 aliphatic carbocycles. The molecule has 0 fully saturated rings. The fraction of sp³-hybridized carbons (Fsp3) is 0.500. The number of nitrogen functional groups attached to an aromatic ring is 1. The van der Waals surface area contributed by atoms with Crippen LogP contribution in [0.15, 0.2) is 18.2 Å². The van der Waals surface area contributed by atoms with Crippen LogP contribution in [0.4, 0.5) is 5.69 Å². The summed E-state index contributed by atoms with van der Waals surface area (Å²) >= 11 is 5.86. The van der Waals surface area contributed by atoms with Crippen molar-refractivity contribution in [3.8, 4) is 0 Å². The van der Waals surface area contributed by atoms with Crippen LogP contribution in [-0.4, -0.2) is 24.5 Å². The van der Waals surface area contributed by atoms with E-state index in [1.54, 1.807) is 0 Å². The maximum atomic E-state index is 5.86. The van der Waals surface area contributed by atoms with Crippen molar-refractivity contribution in [2.24, 2.45) is 0 Å². The molecule has 2 nitrogen and oxygen atoms in total. The van der Waals surface area contributed by atoms with Crippen LogP contribution in [0.5, 0.6) is 0 Å². The zero-order chi connectivity index (χ0) is 11.3. The monoisotopic (exact) mass is 226 g/mol. The van der Waals surface area contributed by atoms with Crippen LogP contribution in [0.2, 0.25) is 5.02 Å². The average molecular weight is 227 g/mol. The van der Waals surface area contributed by atoms with Gasteiger partial charge in [-0.1, -0.05) is 31.5 Å². The van der Waals surface area contributed by atoms with Crippen molar-refractivity contribution >= 4 is 17.3 Å². The molecule has 0 saturated carbocycles. The summed E-state index contributed by atoms with van der Waals surface area (Å²) < 4.78 is 0. The predicted molar refractivity (Wildman–Crippen MR) is 67.4 cm³/mol. The Hall–Kier alpha value is -0.730. The first-order valence-electron chi connectivity index (χ1n) is 5.43. The maximum absolute atomic E-state index is 5.86. The molecule has 1 aromatic carbocycles. The van der Waals surface area contributed by atoms with E-state index in [1.165, 1.54) is 5.56 Å². The van der Waals surface area contributed by atoms with E-state index < -0.39 is 0 Å². The van der Waals surface area contributed by atoms with Crippen LogP contribution >= 0.6 is 11.6 Å². The highest BCUT2D eigenvalue weighted by Crippen LogP contribution is 2.19. The number of anilines is 1. The summed E-state index contributed by atoms with van der Waals surface area (Å²) in [6, 6.07) is 5.88. The van der Waals surface area contributed by atoms with Gasteiger partial charge in [-0.15, -0.1) is 0 Å². The van der Waals surface area contributed by atoms with Crippen LogP contribution in [0.3, 0.4) is 0 Å². The van der Waals surface area contributed by atoms with Gasteiger partial charge in [0.1, 0.15) is 0 Å². The minimum atomic E-state index is 0.640. The highest BCUT2D eigenvalue weighted by atomic mass is 35.5. The van der Waals surface area contributed by atoms with Crippen molar-refractivity contribution in [2.75, 3.05) is 25.4 Å². The Morgan fingerprint density at radius 2 is 1.93 bits per heavy atom. The predicted octanol–water partition coefficient (Wildman–Crippen LogP) is 2.81. The first kappa shape index (κ1) is 12.3. The molecule has 15 heavy (non-hydrogen) atoms. The number of benzene rings is 1. The molecule has 1 rings (SSSR count). The molecule has 0 heterocycles. The summed E-state index contributed by atoms with van der Waals surface area (Å²) in [4.78, 5) is 2.39. The fourth-order valence-corrected chi connectivity index (χ4v) is 1.69. The normalized spacial score (nSPS) is 10.9. The van der Waals surface area contributed by atoms with E-state index in [1.807, 2.05) is 18.2 Å². The summed E-state index contributed by atoms with van der Waals surface area (Å²) in [5, 5.41) is 0.640. The van der Waals surface area contributed by atoms with Crippen LogP contribution < -0.4 is 5.73 Å². The lowest BCUT2D eigenvalue weighted by Gasteiger charge is -2.17. The van der Waals surface area contributed by atoms with Crippen molar-refractivity contribution in [3.05, 3.63) is 28.8 Å². The Balaban J connectivity index is 2.54. The molecular formula is C12H19ClN2. The van der Waals surface area contributed by atoms with E-state index in [-0.39, 0.29) is 0 Å². The third-order valence-corrected chi connectivity index (χ3v) is 3.02. The average Bonchev–Trinajstić information content (AvgIpc) is 2.24. The number of hydrogen-bond donors (Lipinski definition) is 1. The number of rotatable bonds is 5. The largest absolute Gasteiger partial charge is 0.398 e. The van der Waals surface area contributed by atoms with Gasteiger partial charge in [0, 0.05) is 6.54 Å². The van der Waals surface area contributed by atoms with Gasteiger partial charge in [0.15, 0.2) is 0 Å². The lowest BCUT2D eigenvalue weighted by molar-refractivity contribution is 0.308. The van der Waals surface area contributed by atoms with E-state index in [4.69, 9.17) is 17.3 Å². The van der Waals surface area contributed by atoms with Crippen LogP contribution in [-0.2, 0) is 6.42 Å². The molecule has 0 atom stereocenters. The zero-order valence-corrected chi connectivity index (χ0v) is 10.2. The maximum Gasteiger partial charge on any atom is 0.0635 e. The lowest BCUT2D eigenvalue weighted by Crippen LogP contribution is -2.25. The van der Waals surface area contributed by atoms with E-state index in [0.717, 1.165) is 26.1 Å².